The van der Waals surface area contributed by atoms with Crippen LogP contribution in [0.5, 0.6) is 11.5 Å². The van der Waals surface area contributed by atoms with Gasteiger partial charge in [0, 0.05) is 28.5 Å². The van der Waals surface area contributed by atoms with Crippen LogP contribution < -0.4 is 4.74 Å². The summed E-state index contributed by atoms with van der Waals surface area (Å²) in [6.07, 6.45) is 1.75. The Bertz CT molecular complexity index is 720. The number of hydrogen-bond acceptors (Lipinski definition) is 4. The second-order valence-corrected chi connectivity index (χ2v) is 6.26. The number of carbonyl (C=O) groups is 1. The predicted octanol–water partition coefficient (Wildman–Crippen LogP) is 4.91. The number of carbonyl (C=O) groups excluding carboxylic acids is 1. The smallest absolute Gasteiger partial charge is 0.349 e. The molecule has 0 aromatic heterocycles. The predicted molar refractivity (Wildman–Crippen MR) is 92.9 cm³/mol. The maximum absolute atomic E-state index is 11.9. The molecule has 1 N–H and O–H groups in total. The topological polar surface area (TPSA) is 55.8 Å². The Morgan fingerprint density at radius 3 is 2.42 bits per heavy atom. The molecule has 0 saturated heterocycles. The Labute approximate surface area is 160 Å². The molecular formula is C17H14AlCl2O4. The molecule has 1 aliphatic rings. The monoisotopic (exact) mass is 379 g/mol. The highest BCUT2D eigenvalue weighted by molar-refractivity contribution is 6.35. The van der Waals surface area contributed by atoms with E-state index in [0.29, 0.717) is 27.1 Å². The van der Waals surface area contributed by atoms with Crippen LogP contribution >= 0.6 is 23.2 Å². The van der Waals surface area contributed by atoms with Crippen molar-refractivity contribution in [3.63, 3.8) is 0 Å². The van der Waals surface area contributed by atoms with Crippen molar-refractivity contribution in [3.8, 4) is 11.5 Å². The Balaban J connectivity index is 0.00000208. The molecule has 0 bridgehead atoms. The van der Waals surface area contributed by atoms with Crippen LogP contribution in [0, 0.1) is 5.92 Å². The van der Waals surface area contributed by atoms with Crippen molar-refractivity contribution < 1.29 is 19.7 Å². The maximum Gasteiger partial charge on any atom is 0.349 e. The lowest BCUT2D eigenvalue weighted by Gasteiger charge is -2.17. The lowest BCUT2D eigenvalue weighted by molar-refractivity contribution is -0.236. The van der Waals surface area contributed by atoms with Crippen molar-refractivity contribution in [2.75, 3.05) is 0 Å². The highest BCUT2D eigenvalue weighted by Crippen LogP contribution is 2.48. The van der Waals surface area contributed by atoms with Crippen LogP contribution in [-0.2, 0) is 9.68 Å². The molecule has 4 nitrogen and oxygen atoms in total. The van der Waals surface area contributed by atoms with E-state index >= 15 is 0 Å². The highest BCUT2D eigenvalue weighted by Gasteiger charge is 2.40. The van der Waals surface area contributed by atoms with Crippen molar-refractivity contribution in [3.05, 3.63) is 58.1 Å². The first kappa shape index (κ1) is 19.1. The summed E-state index contributed by atoms with van der Waals surface area (Å²) in [7, 11) is 0. The lowest BCUT2D eigenvalue weighted by Crippen LogP contribution is -2.17. The first-order valence-corrected chi connectivity index (χ1v) is 7.93. The van der Waals surface area contributed by atoms with Gasteiger partial charge in [0.2, 0.25) is 0 Å². The fourth-order valence-electron chi connectivity index (χ4n) is 2.56. The van der Waals surface area contributed by atoms with Gasteiger partial charge in [0.05, 0.1) is 10.9 Å². The van der Waals surface area contributed by atoms with Gasteiger partial charge in [-0.25, -0.2) is 4.79 Å². The number of hydrogen-bond donors (Lipinski definition) is 1. The molecule has 1 atom stereocenters. The third-order valence-electron chi connectivity index (χ3n) is 3.78. The van der Waals surface area contributed by atoms with Crippen LogP contribution in [0.15, 0.2) is 42.5 Å². The van der Waals surface area contributed by atoms with Crippen molar-refractivity contribution in [2.45, 2.75) is 18.8 Å². The molecule has 1 unspecified atom stereocenters. The van der Waals surface area contributed by atoms with Gasteiger partial charge in [-0.1, -0.05) is 41.4 Å². The first-order chi connectivity index (χ1) is 11.1. The van der Waals surface area contributed by atoms with Gasteiger partial charge >= 0.3 is 5.97 Å². The Hall–Kier alpha value is -1.22. The average Bonchev–Trinajstić information content (AvgIpc) is 3.37. The Morgan fingerprint density at radius 1 is 1.17 bits per heavy atom. The van der Waals surface area contributed by atoms with Crippen LogP contribution in [0.2, 0.25) is 10.0 Å². The summed E-state index contributed by atoms with van der Waals surface area (Å²) in [5, 5.41) is 9.44. The van der Waals surface area contributed by atoms with Gasteiger partial charge in [-0.15, -0.1) is 0 Å². The SMILES string of the molecule is O=C(OO)C(c1cc(Cl)cc(Oc2ccccc2)c1Cl)C1CC1.[Al]. The van der Waals surface area contributed by atoms with E-state index in [4.69, 9.17) is 33.2 Å². The minimum atomic E-state index is -0.734. The van der Waals surface area contributed by atoms with Gasteiger partial charge in [-0.3, -0.25) is 0 Å². The normalized spacial score (nSPS) is 14.5. The number of para-hydroxylation sites is 1. The fourth-order valence-corrected chi connectivity index (χ4v) is 3.04. The lowest BCUT2D eigenvalue weighted by atomic mass is 9.94. The summed E-state index contributed by atoms with van der Waals surface area (Å²) in [5.74, 6) is -0.325. The third kappa shape index (κ3) is 4.24. The molecule has 24 heavy (non-hydrogen) atoms. The van der Waals surface area contributed by atoms with Crippen LogP contribution in [0.3, 0.4) is 0 Å². The minimum absolute atomic E-state index is 0. The molecule has 0 aliphatic heterocycles. The third-order valence-corrected chi connectivity index (χ3v) is 4.40. The zero-order valence-corrected chi connectivity index (χ0v) is 15.3. The highest BCUT2D eigenvalue weighted by atomic mass is 35.5. The zero-order valence-electron chi connectivity index (χ0n) is 12.6. The van der Waals surface area contributed by atoms with Crippen molar-refractivity contribution >= 4 is 46.5 Å². The van der Waals surface area contributed by atoms with E-state index in [2.05, 4.69) is 4.89 Å². The Kier molecular flexibility index (Phi) is 6.56. The first-order valence-electron chi connectivity index (χ1n) is 7.17. The average molecular weight is 380 g/mol. The van der Waals surface area contributed by atoms with E-state index in [0.717, 1.165) is 12.8 Å². The van der Waals surface area contributed by atoms with Gasteiger partial charge in [-0.05, 0) is 42.5 Å². The van der Waals surface area contributed by atoms with E-state index in [-0.39, 0.29) is 23.3 Å². The molecule has 123 valence electrons. The van der Waals surface area contributed by atoms with Gasteiger partial charge < -0.3 is 9.62 Å². The summed E-state index contributed by atoms with van der Waals surface area (Å²) in [4.78, 5) is 15.9. The molecule has 1 saturated carbocycles. The molecular weight excluding hydrogens is 366 g/mol. The maximum atomic E-state index is 11.9. The minimum Gasteiger partial charge on any atom is -0.456 e. The number of benzene rings is 2. The molecule has 0 amide bonds. The molecule has 2 aromatic carbocycles. The quantitative estimate of drug-likeness (QED) is 0.455. The molecule has 3 rings (SSSR count). The van der Waals surface area contributed by atoms with E-state index < -0.39 is 11.9 Å². The molecule has 3 radical (unpaired) electrons. The largest absolute Gasteiger partial charge is 0.456 e. The van der Waals surface area contributed by atoms with Crippen LogP contribution in [0.25, 0.3) is 0 Å². The molecule has 1 aliphatic carbocycles. The summed E-state index contributed by atoms with van der Waals surface area (Å²) in [6.45, 7) is 0. The molecule has 7 heteroatoms. The van der Waals surface area contributed by atoms with Crippen LogP contribution in [0.4, 0.5) is 0 Å². The molecule has 1 fully saturated rings. The number of halogens is 2. The fraction of sp³-hybridized carbons (Fsp3) is 0.235. The standard InChI is InChI=1S/C17H14Cl2O4.Al/c18-11-8-13(15(10-6-7-10)17(20)23-21)16(19)14(9-11)22-12-4-2-1-3-5-12;/h1-5,8-10,15,21H,6-7H2;. The molecule has 2 aromatic rings. The van der Waals surface area contributed by atoms with Gasteiger partial charge in [0.25, 0.3) is 0 Å². The second-order valence-electron chi connectivity index (χ2n) is 5.45. The summed E-state index contributed by atoms with van der Waals surface area (Å²) in [5.41, 5.74) is 0.506. The number of rotatable bonds is 5. The summed E-state index contributed by atoms with van der Waals surface area (Å²) < 4.78 is 5.76. The van der Waals surface area contributed by atoms with Crippen molar-refractivity contribution in [1.82, 2.24) is 0 Å². The van der Waals surface area contributed by atoms with Crippen LogP contribution in [-0.4, -0.2) is 28.6 Å². The molecule has 0 spiro atoms. The van der Waals surface area contributed by atoms with Gasteiger partial charge in [-0.2, -0.15) is 5.26 Å². The van der Waals surface area contributed by atoms with Crippen molar-refractivity contribution in [2.24, 2.45) is 5.92 Å². The van der Waals surface area contributed by atoms with Gasteiger partial charge in [0.15, 0.2) is 0 Å². The van der Waals surface area contributed by atoms with Crippen molar-refractivity contribution in [1.29, 1.82) is 0 Å². The number of ether oxygens (including phenoxy) is 1. The van der Waals surface area contributed by atoms with Crippen LogP contribution in [0.1, 0.15) is 24.3 Å². The van der Waals surface area contributed by atoms with E-state index in [1.165, 1.54) is 0 Å². The van der Waals surface area contributed by atoms with E-state index in [9.17, 15) is 4.79 Å². The van der Waals surface area contributed by atoms with E-state index in [1.807, 2.05) is 18.2 Å². The second kappa shape index (κ2) is 8.24. The van der Waals surface area contributed by atoms with Gasteiger partial charge in [0.1, 0.15) is 11.5 Å². The van der Waals surface area contributed by atoms with E-state index in [1.54, 1.807) is 24.3 Å². The Morgan fingerprint density at radius 2 is 1.83 bits per heavy atom. The molecule has 0 heterocycles. The summed E-state index contributed by atoms with van der Waals surface area (Å²) >= 11 is 12.6. The zero-order chi connectivity index (χ0) is 16.4. The summed E-state index contributed by atoms with van der Waals surface area (Å²) in [6, 6.07) is 12.3.